The van der Waals surface area contributed by atoms with Crippen LogP contribution in [0.3, 0.4) is 0 Å². The van der Waals surface area contributed by atoms with Gasteiger partial charge in [-0.25, -0.2) is 0 Å². The summed E-state index contributed by atoms with van der Waals surface area (Å²) in [4.78, 5) is 25.9. The van der Waals surface area contributed by atoms with E-state index in [4.69, 9.17) is 23.2 Å². The second kappa shape index (κ2) is 6.20. The Morgan fingerprint density at radius 3 is 2.38 bits per heavy atom. The van der Waals surface area contributed by atoms with E-state index >= 15 is 0 Å². The van der Waals surface area contributed by atoms with E-state index in [2.05, 4.69) is 0 Å². The van der Waals surface area contributed by atoms with Crippen molar-refractivity contribution in [2.45, 2.75) is 25.5 Å². The first-order chi connectivity index (χ1) is 11.3. The molecular formula is C18H15Cl2NO3. The van der Waals surface area contributed by atoms with Crippen molar-refractivity contribution in [2.24, 2.45) is 0 Å². The number of nitrogens with zero attached hydrogens (tertiary/aromatic N) is 1. The average Bonchev–Trinajstić information content (AvgIpc) is 2.72. The third-order valence-electron chi connectivity index (χ3n) is 4.12. The second-order valence-electron chi connectivity index (χ2n) is 5.85. The predicted octanol–water partition coefficient (Wildman–Crippen LogP) is 3.71. The summed E-state index contributed by atoms with van der Waals surface area (Å²) in [5.41, 5.74) is -0.275. The van der Waals surface area contributed by atoms with Gasteiger partial charge in [-0.2, -0.15) is 0 Å². The Morgan fingerprint density at radius 2 is 1.75 bits per heavy atom. The van der Waals surface area contributed by atoms with Gasteiger partial charge in [-0.1, -0.05) is 47.5 Å². The molecule has 0 bridgehead atoms. The molecule has 1 heterocycles. The molecule has 0 fully saturated rings. The van der Waals surface area contributed by atoms with Crippen molar-refractivity contribution < 1.29 is 14.7 Å². The quantitative estimate of drug-likeness (QED) is 0.900. The van der Waals surface area contributed by atoms with E-state index in [1.807, 2.05) is 0 Å². The van der Waals surface area contributed by atoms with E-state index in [0.717, 1.165) is 0 Å². The van der Waals surface area contributed by atoms with E-state index in [1.54, 1.807) is 42.5 Å². The molecule has 1 unspecified atom stereocenters. The van der Waals surface area contributed by atoms with Gasteiger partial charge in [-0.3, -0.25) is 9.59 Å². The second-order valence-corrected chi connectivity index (χ2v) is 6.66. The third kappa shape index (κ3) is 2.71. The summed E-state index contributed by atoms with van der Waals surface area (Å²) >= 11 is 12.4. The largest absolute Gasteiger partial charge is 0.375 e. The van der Waals surface area contributed by atoms with E-state index in [9.17, 15) is 14.7 Å². The van der Waals surface area contributed by atoms with Gasteiger partial charge in [0.25, 0.3) is 5.91 Å². The van der Waals surface area contributed by atoms with Crippen molar-refractivity contribution in [1.82, 2.24) is 0 Å². The average molecular weight is 364 g/mol. The molecule has 24 heavy (non-hydrogen) atoms. The molecular weight excluding hydrogens is 349 g/mol. The van der Waals surface area contributed by atoms with Crippen LogP contribution in [0.25, 0.3) is 0 Å². The Balaban J connectivity index is 2.07. The molecule has 1 atom stereocenters. The highest BCUT2D eigenvalue weighted by Gasteiger charge is 2.50. The van der Waals surface area contributed by atoms with Gasteiger partial charge in [0.05, 0.1) is 12.2 Å². The number of benzene rings is 2. The monoisotopic (exact) mass is 363 g/mol. The van der Waals surface area contributed by atoms with Crippen molar-refractivity contribution in [1.29, 1.82) is 0 Å². The lowest BCUT2D eigenvalue weighted by atomic mass is 9.90. The highest BCUT2D eigenvalue weighted by molar-refractivity contribution is 6.36. The fraction of sp³-hybridized carbons (Fsp3) is 0.222. The Morgan fingerprint density at radius 1 is 1.12 bits per heavy atom. The number of anilines is 1. The Kier molecular flexibility index (Phi) is 4.38. The summed E-state index contributed by atoms with van der Waals surface area (Å²) < 4.78 is 0. The summed E-state index contributed by atoms with van der Waals surface area (Å²) in [7, 11) is 0. The number of fused-ring (bicyclic) bond motifs is 1. The van der Waals surface area contributed by atoms with Crippen LogP contribution >= 0.6 is 23.2 Å². The molecule has 2 aromatic rings. The van der Waals surface area contributed by atoms with Gasteiger partial charge < -0.3 is 10.0 Å². The topological polar surface area (TPSA) is 57.6 Å². The molecule has 0 radical (unpaired) electrons. The smallest absolute Gasteiger partial charge is 0.264 e. The van der Waals surface area contributed by atoms with Gasteiger partial charge in [-0.15, -0.1) is 0 Å². The molecule has 124 valence electrons. The molecule has 4 nitrogen and oxygen atoms in total. The van der Waals surface area contributed by atoms with E-state index in [-0.39, 0.29) is 18.7 Å². The Labute approximate surface area is 149 Å². The summed E-state index contributed by atoms with van der Waals surface area (Å²) in [5.74, 6) is -0.812. The molecule has 0 saturated carbocycles. The summed E-state index contributed by atoms with van der Waals surface area (Å²) in [5, 5.41) is 11.8. The van der Waals surface area contributed by atoms with Gasteiger partial charge in [0, 0.05) is 27.6 Å². The first-order valence-corrected chi connectivity index (χ1v) is 8.16. The number of ketones is 1. The highest BCUT2D eigenvalue weighted by atomic mass is 35.5. The standard InChI is InChI=1S/C18H15Cl2NO3/c1-11(22)9-18(24)13-5-2-3-8-16(13)21(17(18)23)10-12-14(19)6-4-7-15(12)20/h2-8,24H,9-10H2,1H3. The first kappa shape index (κ1) is 17.0. The zero-order chi connectivity index (χ0) is 17.5. The normalized spacial score (nSPS) is 19.5. The van der Waals surface area contributed by atoms with Crippen molar-refractivity contribution in [3.63, 3.8) is 0 Å². The van der Waals surface area contributed by atoms with Crippen LogP contribution in [-0.2, 0) is 21.7 Å². The van der Waals surface area contributed by atoms with E-state index in [0.29, 0.717) is 26.9 Å². The molecule has 1 aliphatic heterocycles. The molecule has 0 spiro atoms. The van der Waals surface area contributed by atoms with Gasteiger partial charge in [0.15, 0.2) is 5.60 Å². The number of hydrogen-bond donors (Lipinski definition) is 1. The molecule has 3 rings (SSSR count). The van der Waals surface area contributed by atoms with Crippen LogP contribution in [0.4, 0.5) is 5.69 Å². The zero-order valence-corrected chi connectivity index (χ0v) is 14.4. The minimum absolute atomic E-state index is 0.120. The first-order valence-electron chi connectivity index (χ1n) is 7.41. The molecule has 2 aromatic carbocycles. The Hall–Kier alpha value is -1.88. The van der Waals surface area contributed by atoms with Crippen molar-refractivity contribution in [3.05, 3.63) is 63.6 Å². The van der Waals surface area contributed by atoms with Crippen LogP contribution in [0.2, 0.25) is 10.0 Å². The predicted molar refractivity (Wildman–Crippen MR) is 93.3 cm³/mol. The fourth-order valence-electron chi connectivity index (χ4n) is 3.04. The molecule has 1 amide bonds. The van der Waals surface area contributed by atoms with Gasteiger partial charge in [0.1, 0.15) is 5.78 Å². The minimum atomic E-state index is -1.85. The molecule has 1 aliphatic rings. The summed E-state index contributed by atoms with van der Waals surface area (Å²) in [6, 6.07) is 12.0. The van der Waals surface area contributed by atoms with Crippen LogP contribution in [0.1, 0.15) is 24.5 Å². The lowest BCUT2D eigenvalue weighted by molar-refractivity contribution is -0.141. The van der Waals surface area contributed by atoms with Gasteiger partial charge >= 0.3 is 0 Å². The maximum absolute atomic E-state index is 12.9. The van der Waals surface area contributed by atoms with Crippen LogP contribution < -0.4 is 4.90 Å². The molecule has 1 N–H and O–H groups in total. The maximum Gasteiger partial charge on any atom is 0.264 e. The zero-order valence-electron chi connectivity index (χ0n) is 12.9. The number of aliphatic hydroxyl groups is 1. The third-order valence-corrected chi connectivity index (χ3v) is 4.83. The van der Waals surface area contributed by atoms with E-state index in [1.165, 1.54) is 11.8 Å². The van der Waals surface area contributed by atoms with Crippen molar-refractivity contribution >= 4 is 40.6 Å². The number of carbonyl (C=O) groups is 2. The molecule has 0 aliphatic carbocycles. The number of rotatable bonds is 4. The number of hydrogen-bond acceptors (Lipinski definition) is 3. The molecule has 0 aromatic heterocycles. The number of amides is 1. The summed E-state index contributed by atoms with van der Waals surface area (Å²) in [6.07, 6.45) is -0.268. The lowest BCUT2D eigenvalue weighted by Crippen LogP contribution is -2.41. The summed E-state index contributed by atoms with van der Waals surface area (Å²) in [6.45, 7) is 1.47. The van der Waals surface area contributed by atoms with Crippen LogP contribution in [0.15, 0.2) is 42.5 Å². The van der Waals surface area contributed by atoms with Gasteiger partial charge in [0.2, 0.25) is 0 Å². The highest BCUT2D eigenvalue weighted by Crippen LogP contribution is 2.43. The SMILES string of the molecule is CC(=O)CC1(O)C(=O)N(Cc2c(Cl)cccc2Cl)c2ccccc21. The maximum atomic E-state index is 12.9. The number of Topliss-reactive ketones (excluding diaryl/α,β-unsaturated/α-hetero) is 1. The van der Waals surface area contributed by atoms with Crippen LogP contribution in [0.5, 0.6) is 0 Å². The number of halogens is 2. The van der Waals surface area contributed by atoms with Crippen LogP contribution in [0, 0.1) is 0 Å². The number of carbonyl (C=O) groups excluding carboxylic acids is 2. The molecule has 0 saturated heterocycles. The minimum Gasteiger partial charge on any atom is -0.375 e. The Bertz CT molecular complexity index is 817. The number of para-hydroxylation sites is 1. The lowest BCUT2D eigenvalue weighted by Gasteiger charge is -2.23. The fourth-order valence-corrected chi connectivity index (χ4v) is 3.55. The van der Waals surface area contributed by atoms with Crippen molar-refractivity contribution in [2.75, 3.05) is 4.90 Å². The van der Waals surface area contributed by atoms with Gasteiger partial charge in [-0.05, 0) is 25.1 Å². The van der Waals surface area contributed by atoms with Crippen molar-refractivity contribution in [3.8, 4) is 0 Å². The van der Waals surface area contributed by atoms with E-state index < -0.39 is 11.5 Å². The van der Waals surface area contributed by atoms with Crippen LogP contribution in [-0.4, -0.2) is 16.8 Å². The molecule has 6 heteroatoms.